The van der Waals surface area contributed by atoms with Gasteiger partial charge in [-0.15, -0.1) is 0 Å². The van der Waals surface area contributed by atoms with Crippen molar-refractivity contribution in [1.29, 1.82) is 0 Å². The zero-order valence-electron chi connectivity index (χ0n) is 13.1. The minimum atomic E-state index is -0.464. The third kappa shape index (κ3) is 3.24. The number of allylic oxidation sites excluding steroid dienone is 1. The van der Waals surface area contributed by atoms with E-state index in [9.17, 15) is 9.59 Å². The number of benzene rings is 1. The first-order valence-corrected chi connectivity index (χ1v) is 9.05. The fourth-order valence-electron chi connectivity index (χ4n) is 3.46. The molecular formula is C18H18N2O3S. The van der Waals surface area contributed by atoms with Gasteiger partial charge in [0.1, 0.15) is 11.0 Å². The van der Waals surface area contributed by atoms with Gasteiger partial charge in [-0.2, -0.15) is 0 Å². The number of nitrogens with one attached hydrogen (secondary N) is 1. The smallest absolute Gasteiger partial charge is 0.312 e. The molecule has 1 saturated heterocycles. The first-order valence-electron chi connectivity index (χ1n) is 8.17. The standard InChI is InChI=1S/C18H18N2O3S/c21-16(23-13-4-2-1-3-5-13)10-15-17(22)20-18(24-15)19-14-9-11-6-7-12(14)8-11/h1-7,11-12,14-15H,8-10H2,(H,19,20,22). The number of hydrogen-bond donors (Lipinski definition) is 1. The molecule has 4 unspecified atom stereocenters. The Kier molecular flexibility index (Phi) is 4.14. The number of hydrogen-bond acceptors (Lipinski definition) is 5. The van der Waals surface area contributed by atoms with Crippen molar-refractivity contribution in [2.75, 3.05) is 0 Å². The van der Waals surface area contributed by atoms with Gasteiger partial charge >= 0.3 is 5.97 Å². The van der Waals surface area contributed by atoms with Crippen LogP contribution in [0.1, 0.15) is 19.3 Å². The third-order valence-corrected chi connectivity index (χ3v) is 5.73. The molecule has 1 N–H and O–H groups in total. The molecule has 0 aromatic heterocycles. The summed E-state index contributed by atoms with van der Waals surface area (Å²) in [5.74, 6) is 1.07. The Bertz CT molecular complexity index is 716. The van der Waals surface area contributed by atoms with Crippen molar-refractivity contribution >= 4 is 28.8 Å². The number of amidine groups is 1. The maximum absolute atomic E-state index is 12.1. The highest BCUT2D eigenvalue weighted by atomic mass is 32.2. The molecule has 4 atom stereocenters. The summed E-state index contributed by atoms with van der Waals surface area (Å²) in [6, 6.07) is 9.15. The summed E-state index contributed by atoms with van der Waals surface area (Å²) in [7, 11) is 0. The van der Waals surface area contributed by atoms with Crippen LogP contribution in [0.2, 0.25) is 0 Å². The number of esters is 1. The van der Waals surface area contributed by atoms with Gasteiger partial charge in [0, 0.05) is 0 Å². The molecule has 2 fully saturated rings. The van der Waals surface area contributed by atoms with Crippen LogP contribution in [0.4, 0.5) is 0 Å². The lowest BCUT2D eigenvalue weighted by Gasteiger charge is -2.13. The van der Waals surface area contributed by atoms with E-state index in [2.05, 4.69) is 17.5 Å². The molecule has 0 radical (unpaired) electrons. The number of carbonyl (C=O) groups excluding carboxylic acids is 2. The summed E-state index contributed by atoms with van der Waals surface area (Å²) < 4.78 is 5.25. The average Bonchev–Trinajstić information content (AvgIpc) is 3.25. The molecule has 5 nitrogen and oxygen atoms in total. The molecular weight excluding hydrogens is 324 g/mol. The summed E-state index contributed by atoms with van der Waals surface area (Å²) in [6.45, 7) is 0. The lowest BCUT2D eigenvalue weighted by Crippen LogP contribution is -2.28. The Morgan fingerprint density at radius 2 is 2.08 bits per heavy atom. The predicted octanol–water partition coefficient (Wildman–Crippen LogP) is 2.53. The monoisotopic (exact) mass is 342 g/mol. The van der Waals surface area contributed by atoms with Crippen LogP contribution >= 0.6 is 11.8 Å². The van der Waals surface area contributed by atoms with E-state index in [1.165, 1.54) is 18.2 Å². The molecule has 2 bridgehead atoms. The van der Waals surface area contributed by atoms with Crippen LogP contribution < -0.4 is 10.1 Å². The van der Waals surface area contributed by atoms with E-state index in [0.29, 0.717) is 22.8 Å². The Hall–Kier alpha value is -2.08. The van der Waals surface area contributed by atoms with E-state index < -0.39 is 11.2 Å². The van der Waals surface area contributed by atoms with E-state index in [0.717, 1.165) is 6.42 Å². The van der Waals surface area contributed by atoms with Crippen LogP contribution in [0.5, 0.6) is 5.75 Å². The summed E-state index contributed by atoms with van der Waals surface area (Å²) >= 11 is 1.34. The second-order valence-electron chi connectivity index (χ2n) is 6.37. The van der Waals surface area contributed by atoms with Crippen LogP contribution in [-0.4, -0.2) is 28.3 Å². The van der Waals surface area contributed by atoms with Gasteiger partial charge in [-0.25, -0.2) is 0 Å². The number of amides is 1. The molecule has 1 saturated carbocycles. The van der Waals surface area contributed by atoms with Crippen molar-refractivity contribution in [3.05, 3.63) is 42.5 Å². The van der Waals surface area contributed by atoms with Crippen molar-refractivity contribution in [2.45, 2.75) is 30.6 Å². The van der Waals surface area contributed by atoms with Gasteiger partial charge in [0.05, 0.1) is 12.5 Å². The summed E-state index contributed by atoms with van der Waals surface area (Å²) in [5.41, 5.74) is 0. The van der Waals surface area contributed by atoms with Crippen LogP contribution in [-0.2, 0) is 9.59 Å². The van der Waals surface area contributed by atoms with Crippen molar-refractivity contribution in [3.63, 3.8) is 0 Å². The van der Waals surface area contributed by atoms with E-state index >= 15 is 0 Å². The number of ether oxygens (including phenoxy) is 1. The number of carbonyl (C=O) groups is 2. The normalized spacial score (nSPS) is 32.3. The summed E-state index contributed by atoms with van der Waals surface area (Å²) in [4.78, 5) is 28.8. The van der Waals surface area contributed by atoms with Gasteiger partial charge in [-0.1, -0.05) is 42.1 Å². The minimum Gasteiger partial charge on any atom is -0.426 e. The van der Waals surface area contributed by atoms with E-state index in [1.807, 2.05) is 6.07 Å². The first kappa shape index (κ1) is 15.4. The quantitative estimate of drug-likeness (QED) is 0.519. The molecule has 2 aliphatic carbocycles. The Morgan fingerprint density at radius 3 is 2.79 bits per heavy atom. The van der Waals surface area contributed by atoms with E-state index in [-0.39, 0.29) is 18.4 Å². The van der Waals surface area contributed by atoms with E-state index in [4.69, 9.17) is 9.73 Å². The third-order valence-electron chi connectivity index (χ3n) is 4.63. The highest BCUT2D eigenvalue weighted by Gasteiger charge is 2.38. The van der Waals surface area contributed by atoms with Gasteiger partial charge in [0.15, 0.2) is 5.17 Å². The number of aliphatic imine (C=N–C) groups is 1. The van der Waals surface area contributed by atoms with Crippen LogP contribution in [0.3, 0.4) is 0 Å². The number of nitrogens with zero attached hydrogens (tertiary/aromatic N) is 1. The fraction of sp³-hybridized carbons (Fsp3) is 0.389. The Morgan fingerprint density at radius 1 is 1.25 bits per heavy atom. The molecule has 124 valence electrons. The highest BCUT2D eigenvalue weighted by Crippen LogP contribution is 2.41. The maximum Gasteiger partial charge on any atom is 0.312 e. The van der Waals surface area contributed by atoms with Crippen LogP contribution in [0.25, 0.3) is 0 Å². The molecule has 6 heteroatoms. The summed E-state index contributed by atoms with van der Waals surface area (Å²) in [6.07, 6.45) is 6.78. The molecule has 3 aliphatic rings. The fourth-order valence-corrected chi connectivity index (χ4v) is 4.48. The Balaban J connectivity index is 1.34. The number of para-hydroxylation sites is 1. The van der Waals surface area contributed by atoms with Gasteiger partial charge in [0.25, 0.3) is 0 Å². The summed E-state index contributed by atoms with van der Waals surface area (Å²) in [5, 5.41) is 2.98. The lowest BCUT2D eigenvalue weighted by atomic mass is 10.0. The molecule has 1 aromatic carbocycles. The molecule has 1 heterocycles. The average molecular weight is 342 g/mol. The highest BCUT2D eigenvalue weighted by molar-refractivity contribution is 8.15. The Labute approximate surface area is 144 Å². The predicted molar refractivity (Wildman–Crippen MR) is 92.8 cm³/mol. The zero-order valence-corrected chi connectivity index (χ0v) is 13.9. The largest absolute Gasteiger partial charge is 0.426 e. The van der Waals surface area contributed by atoms with Crippen molar-refractivity contribution in [1.82, 2.24) is 5.32 Å². The van der Waals surface area contributed by atoms with Crippen LogP contribution in [0.15, 0.2) is 47.5 Å². The zero-order chi connectivity index (χ0) is 16.5. The van der Waals surface area contributed by atoms with Gasteiger partial charge in [0.2, 0.25) is 5.91 Å². The van der Waals surface area contributed by atoms with Crippen molar-refractivity contribution in [3.8, 4) is 5.75 Å². The van der Waals surface area contributed by atoms with Gasteiger partial charge < -0.3 is 10.1 Å². The second kappa shape index (κ2) is 6.43. The number of thioether (sulfide) groups is 1. The molecule has 4 rings (SSSR count). The first-order chi connectivity index (χ1) is 11.7. The maximum atomic E-state index is 12.1. The van der Waals surface area contributed by atoms with E-state index in [1.54, 1.807) is 24.3 Å². The molecule has 24 heavy (non-hydrogen) atoms. The van der Waals surface area contributed by atoms with Crippen molar-refractivity contribution < 1.29 is 14.3 Å². The van der Waals surface area contributed by atoms with Gasteiger partial charge in [-0.3, -0.25) is 14.6 Å². The number of fused-ring (bicyclic) bond motifs is 2. The minimum absolute atomic E-state index is 0.0427. The molecule has 1 aliphatic heterocycles. The van der Waals surface area contributed by atoms with Crippen LogP contribution in [0, 0.1) is 11.8 Å². The van der Waals surface area contributed by atoms with Gasteiger partial charge in [-0.05, 0) is 36.8 Å². The number of rotatable bonds is 4. The molecule has 1 amide bonds. The SMILES string of the molecule is O=C(CC1SC(=NC2CC3C=CC2C3)NC1=O)Oc1ccccc1. The second-order valence-corrected chi connectivity index (χ2v) is 7.56. The lowest BCUT2D eigenvalue weighted by molar-refractivity contribution is -0.135. The molecule has 0 spiro atoms. The molecule has 1 aromatic rings. The van der Waals surface area contributed by atoms with Crippen molar-refractivity contribution in [2.24, 2.45) is 16.8 Å². The topological polar surface area (TPSA) is 67.8 Å².